The third kappa shape index (κ3) is 8.11. The Labute approximate surface area is 254 Å². The number of esters is 1. The van der Waals surface area contributed by atoms with E-state index >= 15 is 0 Å². The summed E-state index contributed by atoms with van der Waals surface area (Å²) in [5, 5.41) is 19.9. The van der Waals surface area contributed by atoms with Crippen molar-refractivity contribution in [2.75, 3.05) is 26.9 Å². The van der Waals surface area contributed by atoms with Gasteiger partial charge in [-0.3, -0.25) is 5.43 Å². The molecule has 0 saturated heterocycles. The molecule has 2 atom stereocenters. The Hall–Kier alpha value is -3.30. The number of carbonyl (C=O) groups excluding carboxylic acids is 2. The van der Waals surface area contributed by atoms with Crippen molar-refractivity contribution in [3.8, 4) is 17.2 Å². The average Bonchev–Trinajstić information content (AvgIpc) is 2.91. The lowest BCUT2D eigenvalue weighted by atomic mass is 9.95. The quantitative estimate of drug-likeness (QED) is 0.0603. The molecule has 0 spiro atoms. The molecule has 2 amide bonds. The van der Waals surface area contributed by atoms with Crippen LogP contribution in [0.25, 0.3) is 0 Å². The van der Waals surface area contributed by atoms with Gasteiger partial charge in [0.05, 0.1) is 35.1 Å². The number of hydrogen-bond donors (Lipinski definition) is 4. The Morgan fingerprint density at radius 1 is 1.27 bits per heavy atom. The Bertz CT molecular complexity index is 1320. The maximum absolute atomic E-state index is 12.4. The molecule has 0 saturated carbocycles. The van der Waals surface area contributed by atoms with E-state index in [-0.39, 0.29) is 12.2 Å². The van der Waals surface area contributed by atoms with E-state index in [4.69, 9.17) is 18.9 Å². The van der Waals surface area contributed by atoms with Gasteiger partial charge in [0, 0.05) is 15.7 Å². The van der Waals surface area contributed by atoms with E-state index < -0.39 is 24.3 Å². The molecular weight excluding hydrogens is 699 g/mol. The summed E-state index contributed by atoms with van der Waals surface area (Å²) in [4.78, 5) is 24.5. The highest BCUT2D eigenvalue weighted by Crippen LogP contribution is 2.35. The molecule has 0 radical (unpaired) electrons. The summed E-state index contributed by atoms with van der Waals surface area (Å²) < 4.78 is 23.9. The summed E-state index contributed by atoms with van der Waals surface area (Å²) in [6.07, 6.45) is 2.05. The molecule has 1 aliphatic heterocycles. The number of aliphatic hydroxyl groups is 1. The van der Waals surface area contributed by atoms with Gasteiger partial charge in [-0.15, -0.1) is 0 Å². The van der Waals surface area contributed by atoms with Gasteiger partial charge in [-0.25, -0.2) is 9.59 Å². The van der Waals surface area contributed by atoms with E-state index in [0.29, 0.717) is 47.3 Å². The van der Waals surface area contributed by atoms with Crippen LogP contribution < -0.4 is 30.3 Å². The molecule has 1 heterocycles. The zero-order valence-corrected chi connectivity index (χ0v) is 25.9. The van der Waals surface area contributed by atoms with Crippen molar-refractivity contribution in [3.05, 3.63) is 73.4 Å². The first kappa shape index (κ1) is 31.2. The second kappa shape index (κ2) is 14.9. The normalized spacial score (nSPS) is 15.7. The topological polar surface area (TPSA) is 140 Å². The van der Waals surface area contributed by atoms with Crippen LogP contribution in [0.15, 0.2) is 63.8 Å². The molecule has 0 aliphatic carbocycles. The standard InChI is InChI=1S/C27H30BrIN4O7/c1-5-9-39-25-17(10-18(28)12-19(25)29)13-30-33-22(34)14-40-20-8-7-16(11-21(20)38-6-2)24-23(26(35)37-4)15(3)31-27(36)32-24/h5,7-8,10-13,22,24,33-34H,1,6,9,14H2,2-4H3,(H2,31,32,36)/b30-13+/t22-,24+/m1/s1. The molecule has 3 rings (SSSR count). The van der Waals surface area contributed by atoms with Crippen LogP contribution in [-0.2, 0) is 9.53 Å². The fourth-order valence-electron chi connectivity index (χ4n) is 3.79. The van der Waals surface area contributed by atoms with Crippen LogP contribution in [-0.4, -0.2) is 56.5 Å². The zero-order chi connectivity index (χ0) is 29.2. The van der Waals surface area contributed by atoms with E-state index in [9.17, 15) is 14.7 Å². The number of nitrogens with zero attached hydrogens (tertiary/aromatic N) is 1. The van der Waals surface area contributed by atoms with Crippen LogP contribution in [0.5, 0.6) is 17.2 Å². The first-order valence-corrected chi connectivity index (χ1v) is 14.0. The number of aliphatic hydroxyl groups excluding tert-OH is 1. The summed E-state index contributed by atoms with van der Waals surface area (Å²) in [6, 6.07) is 7.57. The molecule has 13 heteroatoms. The van der Waals surface area contributed by atoms with Crippen LogP contribution in [0.2, 0.25) is 0 Å². The van der Waals surface area contributed by atoms with E-state index in [0.717, 1.165) is 8.04 Å². The Kier molecular flexibility index (Phi) is 11.6. The Morgan fingerprint density at radius 3 is 2.75 bits per heavy atom. The minimum Gasteiger partial charge on any atom is -0.490 e. The number of nitrogens with one attached hydrogen (secondary N) is 3. The smallest absolute Gasteiger partial charge is 0.337 e. The van der Waals surface area contributed by atoms with Crippen LogP contribution in [0.4, 0.5) is 4.79 Å². The van der Waals surface area contributed by atoms with Gasteiger partial charge >= 0.3 is 12.0 Å². The fourth-order valence-corrected chi connectivity index (χ4v) is 5.49. The monoisotopic (exact) mass is 728 g/mol. The predicted molar refractivity (Wildman–Crippen MR) is 162 cm³/mol. The van der Waals surface area contributed by atoms with Gasteiger partial charge in [0.25, 0.3) is 0 Å². The van der Waals surface area contributed by atoms with Crippen LogP contribution in [0.3, 0.4) is 0 Å². The molecule has 0 aromatic heterocycles. The third-order valence-electron chi connectivity index (χ3n) is 5.48. The number of hydrogen-bond acceptors (Lipinski definition) is 9. The van der Waals surface area contributed by atoms with Gasteiger partial charge in [-0.05, 0) is 66.3 Å². The highest BCUT2D eigenvalue weighted by molar-refractivity contribution is 14.1. The number of halogens is 2. The summed E-state index contributed by atoms with van der Waals surface area (Å²) in [5.41, 5.74) is 4.59. The van der Waals surface area contributed by atoms with Gasteiger partial charge in [0.2, 0.25) is 0 Å². The first-order valence-electron chi connectivity index (χ1n) is 12.1. The molecule has 1 aliphatic rings. The van der Waals surface area contributed by atoms with Gasteiger partial charge in [-0.1, -0.05) is 34.7 Å². The molecule has 4 N–H and O–H groups in total. The van der Waals surface area contributed by atoms with E-state index in [1.807, 2.05) is 19.1 Å². The highest BCUT2D eigenvalue weighted by atomic mass is 127. The molecule has 11 nitrogen and oxygen atoms in total. The van der Waals surface area contributed by atoms with Crippen molar-refractivity contribution in [1.82, 2.24) is 16.1 Å². The van der Waals surface area contributed by atoms with E-state index in [1.54, 1.807) is 31.2 Å². The highest BCUT2D eigenvalue weighted by Gasteiger charge is 2.32. The summed E-state index contributed by atoms with van der Waals surface area (Å²) in [5.74, 6) is 0.808. The van der Waals surface area contributed by atoms with E-state index in [1.165, 1.54) is 13.3 Å². The largest absolute Gasteiger partial charge is 0.490 e. The lowest BCUT2D eigenvalue weighted by Gasteiger charge is -2.28. The fraction of sp³-hybridized carbons (Fsp3) is 0.296. The van der Waals surface area contributed by atoms with E-state index in [2.05, 4.69) is 66.3 Å². The lowest BCUT2D eigenvalue weighted by Crippen LogP contribution is -2.45. The summed E-state index contributed by atoms with van der Waals surface area (Å²) in [6.45, 7) is 7.64. The number of amides is 2. The second-order valence-electron chi connectivity index (χ2n) is 8.32. The molecule has 214 valence electrons. The maximum Gasteiger partial charge on any atom is 0.337 e. The van der Waals surface area contributed by atoms with Crippen molar-refractivity contribution in [2.24, 2.45) is 5.10 Å². The van der Waals surface area contributed by atoms with Gasteiger partial charge in [-0.2, -0.15) is 5.10 Å². The minimum absolute atomic E-state index is 0.150. The molecule has 2 aromatic rings. The number of urea groups is 1. The Balaban J connectivity index is 1.72. The number of methoxy groups -OCH3 is 1. The molecule has 0 bridgehead atoms. The maximum atomic E-state index is 12.4. The molecule has 2 aromatic carbocycles. The van der Waals surface area contributed by atoms with Gasteiger partial charge in [0.15, 0.2) is 17.7 Å². The van der Waals surface area contributed by atoms with Crippen molar-refractivity contribution in [2.45, 2.75) is 26.1 Å². The Morgan fingerprint density at radius 2 is 2.05 bits per heavy atom. The number of rotatable bonds is 13. The first-order chi connectivity index (χ1) is 19.2. The summed E-state index contributed by atoms with van der Waals surface area (Å²) >= 11 is 5.63. The van der Waals surface area contributed by atoms with Crippen LogP contribution in [0.1, 0.15) is 31.0 Å². The molecule has 0 fully saturated rings. The number of benzene rings is 2. The van der Waals surface area contributed by atoms with Gasteiger partial charge < -0.3 is 34.7 Å². The number of ether oxygens (including phenoxy) is 4. The van der Waals surface area contributed by atoms with Crippen molar-refractivity contribution in [3.63, 3.8) is 0 Å². The predicted octanol–water partition coefficient (Wildman–Crippen LogP) is 4.14. The lowest BCUT2D eigenvalue weighted by molar-refractivity contribution is -0.136. The van der Waals surface area contributed by atoms with Crippen molar-refractivity contribution >= 4 is 56.7 Å². The number of allylic oxidation sites excluding steroid dienone is 1. The summed E-state index contributed by atoms with van der Waals surface area (Å²) in [7, 11) is 1.27. The van der Waals surface area contributed by atoms with Crippen molar-refractivity contribution in [1.29, 1.82) is 0 Å². The zero-order valence-electron chi connectivity index (χ0n) is 22.1. The molecular formula is C27H30BrIN4O7. The van der Waals surface area contributed by atoms with Crippen LogP contribution >= 0.6 is 38.5 Å². The SMILES string of the molecule is C=CCOc1c(I)cc(Br)cc1/C=N/N[C@H](O)COc1ccc([C@@H]2NC(=O)NC(C)=C2C(=O)OC)cc1OCC. The van der Waals surface area contributed by atoms with Crippen molar-refractivity contribution < 1.29 is 33.6 Å². The third-order valence-corrected chi connectivity index (χ3v) is 6.74. The minimum atomic E-state index is -1.14. The molecule has 40 heavy (non-hydrogen) atoms. The number of hydrazone groups is 1. The molecule has 0 unspecified atom stereocenters. The average molecular weight is 729 g/mol. The second-order valence-corrected chi connectivity index (χ2v) is 10.4. The number of carbonyl (C=O) groups is 2. The van der Waals surface area contributed by atoms with Crippen LogP contribution in [0, 0.1) is 3.57 Å². The van der Waals surface area contributed by atoms with Gasteiger partial charge in [0.1, 0.15) is 19.0 Å².